The number of thioether (sulfide) groups is 2. The van der Waals surface area contributed by atoms with E-state index in [4.69, 9.17) is 0 Å². The van der Waals surface area contributed by atoms with Gasteiger partial charge in [-0.05, 0) is 17.9 Å². The molecular formula is C8H10F6LiO3PS2. The first-order valence-corrected chi connectivity index (χ1v) is 8.69. The molecular weight excluding hydrogens is 360 g/mol. The molecule has 1 saturated heterocycles. The van der Waals surface area contributed by atoms with Crippen LogP contribution in [0.4, 0.5) is 26.3 Å². The van der Waals surface area contributed by atoms with Gasteiger partial charge in [0.2, 0.25) is 7.60 Å². The van der Waals surface area contributed by atoms with Crippen LogP contribution in [-0.2, 0) is 13.6 Å². The zero-order chi connectivity index (χ0) is 15.4. The van der Waals surface area contributed by atoms with Crippen LogP contribution in [-0.4, -0.2) is 37.1 Å². The third-order valence-electron chi connectivity index (χ3n) is 1.76. The zero-order valence-electron chi connectivity index (χ0n) is 10.8. The molecule has 120 valence electrons. The average molecular weight is 370 g/mol. The van der Waals surface area contributed by atoms with E-state index in [0.29, 0.717) is 17.9 Å². The molecule has 0 N–H and O–H groups in total. The number of alkyl halides is 6. The van der Waals surface area contributed by atoms with Crippen LogP contribution < -0.4 is 18.9 Å². The smallest absolute Gasteiger partial charge is 0.325 e. The van der Waals surface area contributed by atoms with Crippen LogP contribution in [0.25, 0.3) is 0 Å². The van der Waals surface area contributed by atoms with Crippen LogP contribution >= 0.6 is 31.1 Å². The Morgan fingerprint density at radius 1 is 0.952 bits per heavy atom. The van der Waals surface area contributed by atoms with Gasteiger partial charge >= 0.3 is 31.2 Å². The molecule has 0 spiro atoms. The van der Waals surface area contributed by atoms with Crippen molar-refractivity contribution in [3.05, 3.63) is 4.32 Å². The topological polar surface area (TPSA) is 35.5 Å². The van der Waals surface area contributed by atoms with Gasteiger partial charge in [-0.1, -0.05) is 4.32 Å². The van der Waals surface area contributed by atoms with Crippen molar-refractivity contribution in [1.29, 1.82) is 0 Å². The van der Waals surface area contributed by atoms with Gasteiger partial charge in [-0.3, -0.25) is 4.57 Å². The number of hydrogen-bond donors (Lipinski definition) is 0. The predicted octanol–water partition coefficient (Wildman–Crippen LogP) is 1.66. The van der Waals surface area contributed by atoms with E-state index < -0.39 is 33.2 Å². The van der Waals surface area contributed by atoms with Crippen molar-refractivity contribution in [3.63, 3.8) is 0 Å². The van der Waals surface area contributed by atoms with Crippen molar-refractivity contribution >= 4 is 31.1 Å². The molecule has 21 heavy (non-hydrogen) atoms. The van der Waals surface area contributed by atoms with E-state index in [1.165, 1.54) is 0 Å². The molecule has 1 rings (SSSR count). The van der Waals surface area contributed by atoms with Gasteiger partial charge in [0, 0.05) is 0 Å². The SMILES string of the molecule is O=P(OCC(F)(F)F)(OCC(F)(F)F)[C-]1SCCCS1.[Li+]. The van der Waals surface area contributed by atoms with E-state index in [1.54, 1.807) is 0 Å². The Labute approximate surface area is 138 Å². The van der Waals surface area contributed by atoms with Gasteiger partial charge in [0.15, 0.2) is 0 Å². The molecule has 3 nitrogen and oxygen atoms in total. The van der Waals surface area contributed by atoms with E-state index >= 15 is 0 Å². The largest absolute Gasteiger partial charge is 1.00 e. The minimum absolute atomic E-state index is 0. The zero-order valence-corrected chi connectivity index (χ0v) is 13.3. The van der Waals surface area contributed by atoms with Crippen LogP contribution in [0.1, 0.15) is 6.42 Å². The van der Waals surface area contributed by atoms with Gasteiger partial charge in [0.25, 0.3) is 0 Å². The molecule has 13 heteroatoms. The molecule has 0 radical (unpaired) electrons. The monoisotopic (exact) mass is 370 g/mol. The fourth-order valence-electron chi connectivity index (χ4n) is 1.04. The summed E-state index contributed by atoms with van der Waals surface area (Å²) in [6, 6.07) is 0. The van der Waals surface area contributed by atoms with Gasteiger partial charge < -0.3 is 32.6 Å². The number of hydrogen-bond acceptors (Lipinski definition) is 5. The fraction of sp³-hybridized carbons (Fsp3) is 0.875. The molecule has 1 aliphatic heterocycles. The number of rotatable bonds is 5. The van der Waals surface area contributed by atoms with Crippen molar-refractivity contribution < 1.29 is 58.8 Å². The molecule has 0 saturated carbocycles. The summed E-state index contributed by atoms with van der Waals surface area (Å²) in [5.74, 6) is 0.883. The normalized spacial score (nSPS) is 18.4. The maximum Gasteiger partial charge on any atom is 1.00 e. The summed E-state index contributed by atoms with van der Waals surface area (Å²) in [4.78, 5) is 0. The Bertz CT molecular complexity index is 339. The second-order valence-corrected chi connectivity index (χ2v) is 8.62. The number of halogens is 6. The Hall–Kier alpha value is 1.03. The summed E-state index contributed by atoms with van der Waals surface area (Å²) in [7, 11) is -4.59. The van der Waals surface area contributed by atoms with Crippen molar-refractivity contribution in [2.24, 2.45) is 0 Å². The molecule has 0 atom stereocenters. The van der Waals surface area contributed by atoms with Crippen LogP contribution in [0.2, 0.25) is 0 Å². The summed E-state index contributed by atoms with van der Waals surface area (Å²) in [5, 5.41) is 0. The fourth-order valence-corrected chi connectivity index (χ4v) is 6.34. The van der Waals surface area contributed by atoms with Gasteiger partial charge in [0.1, 0.15) is 13.2 Å². The molecule has 1 aliphatic rings. The standard InChI is InChI=1S/C8H10F6O3PS2.Li/c9-7(10,11)4-16-18(15,17-5-8(12,13)14)6-19-2-1-3-20-6;/h1-5H2;/q-1;+1. The summed E-state index contributed by atoms with van der Waals surface area (Å²) >= 11 is 1.81. The third kappa shape index (κ3) is 9.04. The van der Waals surface area contributed by atoms with Crippen LogP contribution in [0.5, 0.6) is 0 Å². The van der Waals surface area contributed by atoms with Crippen LogP contribution in [0, 0.1) is 4.32 Å². The van der Waals surface area contributed by atoms with Crippen LogP contribution in [0.3, 0.4) is 0 Å². The molecule has 0 amide bonds. The van der Waals surface area contributed by atoms with Gasteiger partial charge in [-0.15, -0.1) is 0 Å². The Morgan fingerprint density at radius 2 is 1.33 bits per heavy atom. The second-order valence-electron chi connectivity index (χ2n) is 3.59. The molecule has 0 aromatic rings. The van der Waals surface area contributed by atoms with Gasteiger partial charge in [-0.2, -0.15) is 26.3 Å². The molecule has 0 aromatic carbocycles. The molecule has 0 aliphatic carbocycles. The van der Waals surface area contributed by atoms with E-state index in [2.05, 4.69) is 9.05 Å². The van der Waals surface area contributed by atoms with E-state index in [0.717, 1.165) is 23.5 Å². The van der Waals surface area contributed by atoms with E-state index in [-0.39, 0.29) is 23.2 Å². The first-order chi connectivity index (χ1) is 9.02. The van der Waals surface area contributed by atoms with Crippen molar-refractivity contribution in [2.45, 2.75) is 18.8 Å². The Balaban J connectivity index is 0.00000400. The van der Waals surface area contributed by atoms with Crippen molar-refractivity contribution in [1.82, 2.24) is 0 Å². The molecule has 1 heterocycles. The summed E-state index contributed by atoms with van der Waals surface area (Å²) < 4.78 is 92.8. The minimum Gasteiger partial charge on any atom is -0.325 e. The summed E-state index contributed by atoms with van der Waals surface area (Å²) in [6.45, 7) is -3.85. The second kappa shape index (κ2) is 8.76. The first-order valence-electron chi connectivity index (χ1n) is 5.18. The maximum absolute atomic E-state index is 12.1. The predicted molar refractivity (Wildman–Crippen MR) is 64.4 cm³/mol. The van der Waals surface area contributed by atoms with Crippen molar-refractivity contribution in [3.8, 4) is 0 Å². The molecule has 1 fully saturated rings. The van der Waals surface area contributed by atoms with E-state index in [9.17, 15) is 30.9 Å². The Morgan fingerprint density at radius 3 is 1.67 bits per heavy atom. The van der Waals surface area contributed by atoms with E-state index in [1.807, 2.05) is 0 Å². The minimum atomic E-state index is -4.80. The molecule has 0 bridgehead atoms. The first kappa shape index (κ1) is 22.0. The summed E-state index contributed by atoms with van der Waals surface area (Å²) in [5.41, 5.74) is 0. The Kier molecular flexibility index (Phi) is 9.19. The van der Waals surface area contributed by atoms with Crippen molar-refractivity contribution in [2.75, 3.05) is 24.7 Å². The molecule has 0 unspecified atom stereocenters. The third-order valence-corrected chi connectivity index (χ3v) is 7.45. The van der Waals surface area contributed by atoms with Gasteiger partial charge in [-0.25, -0.2) is 0 Å². The van der Waals surface area contributed by atoms with Crippen LogP contribution in [0.15, 0.2) is 0 Å². The van der Waals surface area contributed by atoms with Gasteiger partial charge in [0.05, 0.1) is 0 Å². The average Bonchev–Trinajstić information content (AvgIpc) is 2.33. The summed E-state index contributed by atoms with van der Waals surface area (Å²) in [6.07, 6.45) is -8.90. The quantitative estimate of drug-likeness (QED) is 0.318. The maximum atomic E-state index is 12.1. The molecule has 0 aromatic heterocycles.